The van der Waals surface area contributed by atoms with Gasteiger partial charge in [0.25, 0.3) is 11.4 Å². The molecule has 1 saturated carbocycles. The molecule has 2 heterocycles. The molecule has 5 rings (SSSR count). The first kappa shape index (κ1) is 20.9. The zero-order valence-electron chi connectivity index (χ0n) is 17.3. The van der Waals surface area contributed by atoms with Gasteiger partial charge in [0.1, 0.15) is 11.7 Å². The monoisotopic (exact) mass is 454 g/mol. The lowest BCUT2D eigenvalue weighted by molar-refractivity contribution is -0.394. The number of rotatable bonds is 7. The fourth-order valence-corrected chi connectivity index (χ4v) is 5.30. The van der Waals surface area contributed by atoms with Gasteiger partial charge < -0.3 is 4.57 Å². The molecule has 1 aromatic heterocycles. The van der Waals surface area contributed by atoms with E-state index in [-0.39, 0.29) is 23.0 Å². The van der Waals surface area contributed by atoms with Crippen LogP contribution in [0, 0.1) is 20.2 Å². The molecule has 1 aliphatic carbocycles. The van der Waals surface area contributed by atoms with Crippen LogP contribution in [0.1, 0.15) is 30.1 Å². The minimum atomic E-state index is -0.594. The molecule has 0 amide bonds. The van der Waals surface area contributed by atoms with Crippen LogP contribution >= 0.6 is 11.8 Å². The SMILES string of the molecule is Cn1ccc2ccc(C3NNC(SCc4cc([N+](=O)[O-])cc([N+](=O)[O-])c4)N3C3CC3)cc21. The van der Waals surface area contributed by atoms with Gasteiger partial charge in [0.2, 0.25) is 0 Å². The number of aryl methyl sites for hydroxylation is 1. The van der Waals surface area contributed by atoms with Crippen molar-refractivity contribution in [1.82, 2.24) is 20.3 Å². The van der Waals surface area contributed by atoms with Crippen molar-refractivity contribution in [2.24, 2.45) is 7.05 Å². The summed E-state index contributed by atoms with van der Waals surface area (Å²) in [5.74, 6) is 0.411. The fourth-order valence-electron chi connectivity index (χ4n) is 4.17. The maximum absolute atomic E-state index is 11.2. The predicted molar refractivity (Wildman–Crippen MR) is 122 cm³/mol. The number of nitrogens with one attached hydrogen (secondary N) is 2. The second-order valence-electron chi connectivity index (χ2n) is 8.15. The van der Waals surface area contributed by atoms with Gasteiger partial charge >= 0.3 is 0 Å². The first-order valence-corrected chi connectivity index (χ1v) is 11.3. The van der Waals surface area contributed by atoms with E-state index in [0.717, 1.165) is 24.5 Å². The molecule has 3 aromatic rings. The predicted octanol–water partition coefficient (Wildman–Crippen LogP) is 3.78. The van der Waals surface area contributed by atoms with Crippen molar-refractivity contribution in [3.05, 3.63) is 80.0 Å². The highest BCUT2D eigenvalue weighted by atomic mass is 32.2. The fraction of sp³-hybridized carbons (Fsp3) is 0.333. The molecule has 0 radical (unpaired) electrons. The number of aromatic nitrogens is 1. The van der Waals surface area contributed by atoms with E-state index in [4.69, 9.17) is 0 Å². The summed E-state index contributed by atoms with van der Waals surface area (Å²) in [6, 6.07) is 12.8. The van der Waals surface area contributed by atoms with Crippen molar-refractivity contribution >= 4 is 34.0 Å². The Balaban J connectivity index is 1.36. The standard InChI is InChI=1S/C21H22N6O4S/c1-24-7-6-14-2-3-15(10-19(14)24)20-22-23-21(25(20)16-4-5-16)32-12-13-8-17(26(28)29)11-18(9-13)27(30)31/h2-3,6-11,16,20-23H,4-5,12H2,1H3. The highest BCUT2D eigenvalue weighted by Crippen LogP contribution is 2.41. The van der Waals surface area contributed by atoms with Crippen LogP contribution < -0.4 is 10.9 Å². The second-order valence-corrected chi connectivity index (χ2v) is 9.22. The van der Waals surface area contributed by atoms with Crippen LogP contribution in [0.5, 0.6) is 0 Å². The molecule has 2 aliphatic rings. The van der Waals surface area contributed by atoms with Crippen molar-refractivity contribution in [2.75, 3.05) is 0 Å². The lowest BCUT2D eigenvalue weighted by Gasteiger charge is -2.28. The number of nitro benzene ring substituents is 2. The van der Waals surface area contributed by atoms with Gasteiger partial charge in [0.15, 0.2) is 0 Å². The van der Waals surface area contributed by atoms with E-state index in [2.05, 4.69) is 44.6 Å². The van der Waals surface area contributed by atoms with E-state index in [9.17, 15) is 20.2 Å². The molecule has 1 aliphatic heterocycles. The van der Waals surface area contributed by atoms with Gasteiger partial charge in [-0.05, 0) is 41.5 Å². The average Bonchev–Trinajstić information content (AvgIpc) is 3.43. The average molecular weight is 455 g/mol. The number of non-ortho nitro benzene ring substituents is 2. The van der Waals surface area contributed by atoms with Gasteiger partial charge in [-0.15, -0.1) is 11.8 Å². The van der Waals surface area contributed by atoms with Crippen molar-refractivity contribution in [3.63, 3.8) is 0 Å². The van der Waals surface area contributed by atoms with Gasteiger partial charge in [-0.25, -0.2) is 10.9 Å². The number of hydrogen-bond donors (Lipinski definition) is 2. The highest BCUT2D eigenvalue weighted by molar-refractivity contribution is 7.99. The lowest BCUT2D eigenvalue weighted by atomic mass is 10.1. The Hall–Kier alpha value is -2.99. The third kappa shape index (κ3) is 3.95. The molecule has 0 bridgehead atoms. The topological polar surface area (TPSA) is 119 Å². The second kappa shape index (κ2) is 8.17. The summed E-state index contributed by atoms with van der Waals surface area (Å²) in [5.41, 5.74) is 9.03. The number of thioether (sulfide) groups is 1. The van der Waals surface area contributed by atoms with Gasteiger partial charge in [-0.2, -0.15) is 0 Å². The van der Waals surface area contributed by atoms with E-state index in [0.29, 0.717) is 17.4 Å². The van der Waals surface area contributed by atoms with Crippen LogP contribution in [0.2, 0.25) is 0 Å². The Kier molecular flexibility index (Phi) is 5.33. The number of hydrazine groups is 1. The molecule has 11 heteroatoms. The molecular weight excluding hydrogens is 432 g/mol. The van der Waals surface area contributed by atoms with Gasteiger partial charge in [0, 0.05) is 42.7 Å². The summed E-state index contributed by atoms with van der Waals surface area (Å²) in [7, 11) is 2.03. The van der Waals surface area contributed by atoms with Crippen LogP contribution in [-0.2, 0) is 12.8 Å². The van der Waals surface area contributed by atoms with E-state index >= 15 is 0 Å². The van der Waals surface area contributed by atoms with Crippen molar-refractivity contribution in [1.29, 1.82) is 0 Å². The molecule has 2 N–H and O–H groups in total. The van der Waals surface area contributed by atoms with E-state index in [1.54, 1.807) is 11.8 Å². The van der Waals surface area contributed by atoms with Gasteiger partial charge in [0.05, 0.1) is 15.9 Å². The maximum Gasteiger partial charge on any atom is 0.276 e. The Labute approximate surface area is 187 Å². The van der Waals surface area contributed by atoms with Gasteiger partial charge in [-0.1, -0.05) is 12.1 Å². The summed E-state index contributed by atoms with van der Waals surface area (Å²) in [5, 5.41) is 23.6. The largest absolute Gasteiger partial charge is 0.351 e. The Morgan fingerprint density at radius 2 is 1.75 bits per heavy atom. The summed E-state index contributed by atoms with van der Waals surface area (Å²) in [6.45, 7) is 0. The lowest BCUT2D eigenvalue weighted by Crippen LogP contribution is -2.35. The smallest absolute Gasteiger partial charge is 0.276 e. The number of nitrogens with zero attached hydrogens (tertiary/aromatic N) is 4. The van der Waals surface area contributed by atoms with Crippen LogP contribution in [0.4, 0.5) is 11.4 Å². The Bertz CT molecular complexity index is 1180. The highest BCUT2D eigenvalue weighted by Gasteiger charge is 2.43. The number of fused-ring (bicyclic) bond motifs is 1. The van der Waals surface area contributed by atoms with E-state index < -0.39 is 9.85 Å². The first-order chi connectivity index (χ1) is 15.4. The molecule has 1 saturated heterocycles. The molecule has 2 fully saturated rings. The van der Waals surface area contributed by atoms with Crippen LogP contribution in [0.25, 0.3) is 10.9 Å². The molecule has 2 unspecified atom stereocenters. The molecule has 2 atom stereocenters. The normalized spacial score (nSPS) is 21.3. The third-order valence-electron chi connectivity index (χ3n) is 5.90. The molecular formula is C21H22N6O4S. The molecule has 32 heavy (non-hydrogen) atoms. The van der Waals surface area contributed by atoms with Crippen LogP contribution in [0.3, 0.4) is 0 Å². The molecule has 166 valence electrons. The van der Waals surface area contributed by atoms with E-state index in [1.807, 2.05) is 13.2 Å². The van der Waals surface area contributed by atoms with Gasteiger partial charge in [-0.3, -0.25) is 25.1 Å². The number of benzene rings is 2. The summed E-state index contributed by atoms with van der Waals surface area (Å²) in [4.78, 5) is 23.6. The minimum Gasteiger partial charge on any atom is -0.351 e. The third-order valence-corrected chi connectivity index (χ3v) is 7.08. The minimum absolute atomic E-state index is 0.00116. The van der Waals surface area contributed by atoms with Crippen LogP contribution in [-0.4, -0.2) is 30.9 Å². The zero-order valence-corrected chi connectivity index (χ0v) is 18.1. The molecule has 10 nitrogen and oxygen atoms in total. The first-order valence-electron chi connectivity index (χ1n) is 10.3. The summed E-state index contributed by atoms with van der Waals surface area (Å²) < 4.78 is 2.10. The number of hydrogen-bond acceptors (Lipinski definition) is 8. The van der Waals surface area contributed by atoms with Crippen molar-refractivity contribution in [3.8, 4) is 0 Å². The number of nitro groups is 2. The van der Waals surface area contributed by atoms with Crippen molar-refractivity contribution in [2.45, 2.75) is 36.3 Å². The van der Waals surface area contributed by atoms with Crippen LogP contribution in [0.15, 0.2) is 48.7 Å². The Morgan fingerprint density at radius 3 is 2.41 bits per heavy atom. The van der Waals surface area contributed by atoms with E-state index in [1.165, 1.54) is 23.0 Å². The quantitative estimate of drug-likeness (QED) is 0.409. The molecule has 2 aromatic carbocycles. The Morgan fingerprint density at radius 1 is 1.03 bits per heavy atom. The summed E-state index contributed by atoms with van der Waals surface area (Å²) >= 11 is 1.56. The molecule has 0 spiro atoms. The summed E-state index contributed by atoms with van der Waals surface area (Å²) in [6.07, 6.45) is 4.28. The maximum atomic E-state index is 11.2. The zero-order chi connectivity index (χ0) is 22.4. The van der Waals surface area contributed by atoms with Crippen molar-refractivity contribution < 1.29 is 9.85 Å².